The van der Waals surface area contributed by atoms with Crippen LogP contribution in [-0.2, 0) is 0 Å². The molecule has 18 heavy (non-hydrogen) atoms. The second-order valence-electron chi connectivity index (χ2n) is 6.03. The molecule has 0 aromatic carbocycles. The highest BCUT2D eigenvalue weighted by Crippen LogP contribution is 2.21. The fourth-order valence-electron chi connectivity index (χ4n) is 2.98. The number of nitrogens with one attached hydrogen (secondary N) is 1. The molecule has 2 heteroatoms. The van der Waals surface area contributed by atoms with Crippen LogP contribution in [0, 0.1) is 5.92 Å². The van der Waals surface area contributed by atoms with Crippen LogP contribution in [0.1, 0.15) is 77.6 Å². The SMILES string of the molecule is CCCCCCCCNCC1CCCCCC1N. The summed E-state index contributed by atoms with van der Waals surface area (Å²) in [7, 11) is 0. The molecular weight excluding hydrogens is 220 g/mol. The highest BCUT2D eigenvalue weighted by Gasteiger charge is 2.19. The lowest BCUT2D eigenvalue weighted by atomic mass is 9.95. The van der Waals surface area contributed by atoms with Crippen LogP contribution in [0.4, 0.5) is 0 Å². The Hall–Kier alpha value is -0.0800. The van der Waals surface area contributed by atoms with Gasteiger partial charge in [-0.1, -0.05) is 58.3 Å². The van der Waals surface area contributed by atoms with Gasteiger partial charge in [0.1, 0.15) is 0 Å². The number of nitrogens with two attached hydrogens (primary N) is 1. The summed E-state index contributed by atoms with van der Waals surface area (Å²) in [5, 5.41) is 3.62. The molecule has 108 valence electrons. The van der Waals surface area contributed by atoms with Crippen molar-refractivity contribution in [1.82, 2.24) is 5.32 Å². The zero-order valence-corrected chi connectivity index (χ0v) is 12.4. The molecule has 2 unspecified atom stereocenters. The topological polar surface area (TPSA) is 38.0 Å². The third-order valence-corrected chi connectivity index (χ3v) is 4.33. The van der Waals surface area contributed by atoms with Crippen molar-refractivity contribution in [3.05, 3.63) is 0 Å². The van der Waals surface area contributed by atoms with Crippen LogP contribution in [0.2, 0.25) is 0 Å². The van der Waals surface area contributed by atoms with Gasteiger partial charge >= 0.3 is 0 Å². The lowest BCUT2D eigenvalue weighted by Gasteiger charge is -2.21. The quantitative estimate of drug-likeness (QED) is 0.484. The van der Waals surface area contributed by atoms with Crippen molar-refractivity contribution in [1.29, 1.82) is 0 Å². The Labute approximate surface area is 114 Å². The lowest BCUT2D eigenvalue weighted by molar-refractivity contribution is 0.373. The number of unbranched alkanes of at least 4 members (excludes halogenated alkanes) is 5. The summed E-state index contributed by atoms with van der Waals surface area (Å²) in [4.78, 5) is 0. The molecule has 2 atom stereocenters. The van der Waals surface area contributed by atoms with Gasteiger partial charge in [0.2, 0.25) is 0 Å². The summed E-state index contributed by atoms with van der Waals surface area (Å²) < 4.78 is 0. The Balaban J connectivity index is 1.93. The van der Waals surface area contributed by atoms with Gasteiger partial charge in [-0.05, 0) is 38.3 Å². The third kappa shape index (κ3) is 7.38. The van der Waals surface area contributed by atoms with Gasteiger partial charge in [0.15, 0.2) is 0 Å². The second kappa shape index (κ2) is 10.8. The van der Waals surface area contributed by atoms with E-state index in [9.17, 15) is 0 Å². The van der Waals surface area contributed by atoms with Crippen molar-refractivity contribution in [3.8, 4) is 0 Å². The molecule has 0 saturated heterocycles. The molecule has 1 aliphatic rings. The Bertz CT molecular complexity index is 182. The molecule has 2 nitrogen and oxygen atoms in total. The standard InChI is InChI=1S/C16H34N2/c1-2-3-4-5-6-10-13-18-14-15-11-8-7-9-12-16(15)17/h15-16,18H,2-14,17H2,1H3. The van der Waals surface area contributed by atoms with Crippen molar-refractivity contribution < 1.29 is 0 Å². The first-order chi connectivity index (χ1) is 8.84. The summed E-state index contributed by atoms with van der Waals surface area (Å²) in [5.74, 6) is 0.729. The molecule has 0 heterocycles. The summed E-state index contributed by atoms with van der Waals surface area (Å²) in [6.07, 6.45) is 15.0. The van der Waals surface area contributed by atoms with Crippen molar-refractivity contribution in [3.63, 3.8) is 0 Å². The lowest BCUT2D eigenvalue weighted by Crippen LogP contribution is -2.36. The summed E-state index contributed by atoms with van der Waals surface area (Å²) in [6.45, 7) is 4.61. The van der Waals surface area contributed by atoms with Gasteiger partial charge in [0, 0.05) is 6.04 Å². The van der Waals surface area contributed by atoms with Gasteiger partial charge in [0.05, 0.1) is 0 Å². The number of hydrogen-bond acceptors (Lipinski definition) is 2. The molecule has 1 rings (SSSR count). The van der Waals surface area contributed by atoms with E-state index in [2.05, 4.69) is 12.2 Å². The van der Waals surface area contributed by atoms with E-state index >= 15 is 0 Å². The predicted molar refractivity (Wildman–Crippen MR) is 80.8 cm³/mol. The first-order valence-electron chi connectivity index (χ1n) is 8.31. The van der Waals surface area contributed by atoms with Crippen molar-refractivity contribution in [2.45, 2.75) is 83.6 Å². The monoisotopic (exact) mass is 254 g/mol. The zero-order valence-electron chi connectivity index (χ0n) is 12.4. The van der Waals surface area contributed by atoms with Crippen LogP contribution < -0.4 is 11.1 Å². The van der Waals surface area contributed by atoms with E-state index in [1.165, 1.54) is 77.2 Å². The number of hydrogen-bond donors (Lipinski definition) is 2. The molecule has 1 aliphatic carbocycles. The molecule has 0 aromatic rings. The first kappa shape index (κ1) is 16.0. The van der Waals surface area contributed by atoms with Crippen molar-refractivity contribution >= 4 is 0 Å². The van der Waals surface area contributed by atoms with Crippen LogP contribution in [0.5, 0.6) is 0 Å². The average molecular weight is 254 g/mol. The van der Waals surface area contributed by atoms with Gasteiger partial charge < -0.3 is 11.1 Å². The van der Waals surface area contributed by atoms with Crippen LogP contribution in [0.25, 0.3) is 0 Å². The molecule has 0 spiro atoms. The summed E-state index contributed by atoms with van der Waals surface area (Å²) >= 11 is 0. The van der Waals surface area contributed by atoms with Crippen LogP contribution in [0.15, 0.2) is 0 Å². The van der Waals surface area contributed by atoms with Crippen molar-refractivity contribution in [2.75, 3.05) is 13.1 Å². The Morgan fingerprint density at radius 2 is 1.67 bits per heavy atom. The maximum atomic E-state index is 6.23. The molecule has 0 radical (unpaired) electrons. The molecule has 1 fully saturated rings. The molecule has 3 N–H and O–H groups in total. The number of rotatable bonds is 9. The Morgan fingerprint density at radius 3 is 2.50 bits per heavy atom. The minimum absolute atomic E-state index is 0.449. The second-order valence-corrected chi connectivity index (χ2v) is 6.03. The van der Waals surface area contributed by atoms with E-state index in [4.69, 9.17) is 5.73 Å². The zero-order chi connectivity index (χ0) is 13.1. The molecule has 0 bridgehead atoms. The normalized spacial score (nSPS) is 25.0. The highest BCUT2D eigenvalue weighted by molar-refractivity contribution is 4.77. The summed E-state index contributed by atoms with van der Waals surface area (Å²) in [5.41, 5.74) is 6.23. The summed E-state index contributed by atoms with van der Waals surface area (Å²) in [6, 6.07) is 0.449. The highest BCUT2D eigenvalue weighted by atomic mass is 14.9. The molecular formula is C16H34N2. The van der Waals surface area contributed by atoms with Crippen molar-refractivity contribution in [2.24, 2.45) is 11.7 Å². The Kier molecular flexibility index (Phi) is 9.59. The fourth-order valence-corrected chi connectivity index (χ4v) is 2.98. The van der Waals surface area contributed by atoms with E-state index in [1.54, 1.807) is 0 Å². The fraction of sp³-hybridized carbons (Fsp3) is 1.00. The minimum Gasteiger partial charge on any atom is -0.327 e. The van der Waals surface area contributed by atoms with Crippen LogP contribution >= 0.6 is 0 Å². The van der Waals surface area contributed by atoms with Gasteiger partial charge in [-0.25, -0.2) is 0 Å². The largest absolute Gasteiger partial charge is 0.327 e. The minimum atomic E-state index is 0.449. The van der Waals surface area contributed by atoms with Gasteiger partial charge in [-0.15, -0.1) is 0 Å². The van der Waals surface area contributed by atoms with Gasteiger partial charge in [-0.3, -0.25) is 0 Å². The predicted octanol–water partition coefficient (Wildman–Crippen LogP) is 3.84. The molecule has 0 amide bonds. The third-order valence-electron chi connectivity index (χ3n) is 4.33. The molecule has 0 aromatic heterocycles. The van der Waals surface area contributed by atoms with E-state index in [1.807, 2.05) is 0 Å². The van der Waals surface area contributed by atoms with E-state index in [0.717, 1.165) is 12.5 Å². The van der Waals surface area contributed by atoms with E-state index in [0.29, 0.717) is 6.04 Å². The molecule has 0 aliphatic heterocycles. The maximum Gasteiger partial charge on any atom is 0.00792 e. The van der Waals surface area contributed by atoms with Crippen LogP contribution in [0.3, 0.4) is 0 Å². The van der Waals surface area contributed by atoms with Gasteiger partial charge in [0.25, 0.3) is 0 Å². The van der Waals surface area contributed by atoms with E-state index in [-0.39, 0.29) is 0 Å². The van der Waals surface area contributed by atoms with E-state index < -0.39 is 0 Å². The smallest absolute Gasteiger partial charge is 0.00792 e. The maximum absolute atomic E-state index is 6.23. The average Bonchev–Trinajstić information content (AvgIpc) is 2.58. The van der Waals surface area contributed by atoms with Crippen LogP contribution in [-0.4, -0.2) is 19.1 Å². The van der Waals surface area contributed by atoms with Gasteiger partial charge in [-0.2, -0.15) is 0 Å². The molecule has 1 saturated carbocycles. The Morgan fingerprint density at radius 1 is 0.944 bits per heavy atom. The first-order valence-corrected chi connectivity index (χ1v) is 8.31.